The minimum atomic E-state index is -4.41. The second kappa shape index (κ2) is 6.51. The highest BCUT2D eigenvalue weighted by Gasteiger charge is 2.30. The summed E-state index contributed by atoms with van der Waals surface area (Å²) < 4.78 is 43.0. The van der Waals surface area contributed by atoms with E-state index in [1.54, 1.807) is 12.1 Å². The Labute approximate surface area is 125 Å². The summed E-state index contributed by atoms with van der Waals surface area (Å²) >= 11 is 0. The summed E-state index contributed by atoms with van der Waals surface area (Å²) in [5.41, 5.74) is -0.220. The van der Waals surface area contributed by atoms with Gasteiger partial charge in [0.25, 0.3) is 0 Å². The summed E-state index contributed by atoms with van der Waals surface area (Å²) in [5.74, 6) is 0.456. The van der Waals surface area contributed by atoms with Gasteiger partial charge in [0.2, 0.25) is 0 Å². The number of rotatable bonds is 4. The Hall–Kier alpha value is -2.50. The van der Waals surface area contributed by atoms with Crippen LogP contribution in [0.25, 0.3) is 0 Å². The first-order chi connectivity index (χ1) is 10.4. The number of hydrogen-bond donors (Lipinski definition) is 1. The topological polar surface area (TPSA) is 41.8 Å². The van der Waals surface area contributed by atoms with Crippen molar-refractivity contribution < 1.29 is 23.0 Å². The molecule has 0 aliphatic heterocycles. The molecule has 0 heterocycles. The van der Waals surface area contributed by atoms with Crippen molar-refractivity contribution in [1.82, 2.24) is 0 Å². The van der Waals surface area contributed by atoms with Crippen molar-refractivity contribution in [3.8, 4) is 11.5 Å². The monoisotopic (exact) mass is 309 g/mol. The molecule has 0 fully saturated rings. The van der Waals surface area contributed by atoms with Gasteiger partial charge >= 0.3 is 6.18 Å². The maximum atomic E-state index is 12.6. The summed E-state index contributed by atoms with van der Waals surface area (Å²) in [5, 5.41) is 9.83. The van der Waals surface area contributed by atoms with Crippen LogP contribution in [-0.2, 0) is 6.18 Å². The average molecular weight is 309 g/mol. The average Bonchev–Trinajstić information content (AvgIpc) is 2.46. The highest BCUT2D eigenvalue weighted by atomic mass is 19.4. The Bertz CT molecular complexity index is 681. The molecule has 22 heavy (non-hydrogen) atoms. The number of nitrogens with zero attached hydrogens (tertiary/aromatic N) is 1. The number of hydrogen-bond acceptors (Lipinski definition) is 3. The van der Waals surface area contributed by atoms with E-state index in [0.717, 1.165) is 12.1 Å². The summed E-state index contributed by atoms with van der Waals surface area (Å²) in [6.07, 6.45) is -3.10. The summed E-state index contributed by atoms with van der Waals surface area (Å²) in [6, 6.07) is 9.32. The lowest BCUT2D eigenvalue weighted by Crippen LogP contribution is -2.03. The standard InChI is InChI=1S/C16H14F3NO2/c1-2-22-14-7-6-11(15(21)9-14)10-20-13-5-3-4-12(8-13)16(17,18)19/h3-10,21H,2H2,1H3. The van der Waals surface area contributed by atoms with Crippen molar-refractivity contribution >= 4 is 11.9 Å². The molecule has 3 nitrogen and oxygen atoms in total. The number of halogens is 3. The van der Waals surface area contributed by atoms with Crippen LogP contribution >= 0.6 is 0 Å². The molecule has 116 valence electrons. The SMILES string of the molecule is CCOc1ccc(C=Nc2cccc(C(F)(F)F)c2)c(O)c1. The fourth-order valence-electron chi connectivity index (χ4n) is 1.80. The predicted octanol–water partition coefficient (Wildman–Crippen LogP) is 4.56. The van der Waals surface area contributed by atoms with Gasteiger partial charge in [-0.05, 0) is 37.3 Å². The van der Waals surface area contributed by atoms with Crippen molar-refractivity contribution in [2.24, 2.45) is 4.99 Å². The summed E-state index contributed by atoms with van der Waals surface area (Å²) in [4.78, 5) is 3.96. The Morgan fingerprint density at radius 2 is 1.95 bits per heavy atom. The van der Waals surface area contributed by atoms with Gasteiger partial charge in [0.1, 0.15) is 11.5 Å². The van der Waals surface area contributed by atoms with Gasteiger partial charge in [-0.15, -0.1) is 0 Å². The van der Waals surface area contributed by atoms with Crippen LogP contribution in [0, 0.1) is 0 Å². The number of alkyl halides is 3. The highest BCUT2D eigenvalue weighted by Crippen LogP contribution is 2.31. The van der Waals surface area contributed by atoms with Gasteiger partial charge in [-0.3, -0.25) is 4.99 Å². The molecule has 0 aliphatic carbocycles. The zero-order chi connectivity index (χ0) is 16.2. The molecule has 2 rings (SSSR count). The molecule has 2 aromatic rings. The van der Waals surface area contributed by atoms with E-state index in [-0.39, 0.29) is 11.4 Å². The molecule has 6 heteroatoms. The number of ether oxygens (including phenoxy) is 1. The molecule has 0 aliphatic rings. The normalized spacial score (nSPS) is 11.8. The first kappa shape index (κ1) is 15.9. The maximum absolute atomic E-state index is 12.6. The van der Waals surface area contributed by atoms with Crippen LogP contribution in [0.15, 0.2) is 47.5 Å². The molecule has 0 bridgehead atoms. The van der Waals surface area contributed by atoms with E-state index in [4.69, 9.17) is 4.74 Å². The van der Waals surface area contributed by atoms with Crippen LogP contribution in [-0.4, -0.2) is 17.9 Å². The molecular formula is C16H14F3NO2. The van der Waals surface area contributed by atoms with Gasteiger partial charge < -0.3 is 9.84 Å². The number of aliphatic imine (C=N–C) groups is 1. The minimum Gasteiger partial charge on any atom is -0.507 e. The number of phenolic OH excluding ortho intramolecular Hbond substituents is 1. The van der Waals surface area contributed by atoms with Gasteiger partial charge in [0.15, 0.2) is 0 Å². The van der Waals surface area contributed by atoms with Crippen LogP contribution < -0.4 is 4.74 Å². The Kier molecular flexibility index (Phi) is 4.70. The Morgan fingerprint density at radius 3 is 2.59 bits per heavy atom. The molecule has 1 N–H and O–H groups in total. The van der Waals surface area contributed by atoms with E-state index in [1.165, 1.54) is 24.4 Å². The molecule has 0 aromatic heterocycles. The third kappa shape index (κ3) is 4.00. The fourth-order valence-corrected chi connectivity index (χ4v) is 1.80. The van der Waals surface area contributed by atoms with Crippen molar-refractivity contribution in [2.45, 2.75) is 13.1 Å². The summed E-state index contributed by atoms with van der Waals surface area (Å²) in [6.45, 7) is 2.29. The van der Waals surface area contributed by atoms with E-state index in [2.05, 4.69) is 4.99 Å². The third-order valence-corrected chi connectivity index (χ3v) is 2.84. The molecule has 2 aromatic carbocycles. The van der Waals surface area contributed by atoms with Crippen molar-refractivity contribution in [3.63, 3.8) is 0 Å². The minimum absolute atomic E-state index is 0.0540. The van der Waals surface area contributed by atoms with E-state index in [1.807, 2.05) is 6.92 Å². The Morgan fingerprint density at radius 1 is 1.18 bits per heavy atom. The van der Waals surface area contributed by atoms with E-state index >= 15 is 0 Å². The van der Waals surface area contributed by atoms with Crippen LogP contribution in [0.5, 0.6) is 11.5 Å². The molecule has 0 radical (unpaired) electrons. The van der Waals surface area contributed by atoms with E-state index in [9.17, 15) is 18.3 Å². The zero-order valence-corrected chi connectivity index (χ0v) is 11.8. The summed E-state index contributed by atoms with van der Waals surface area (Å²) in [7, 11) is 0. The van der Waals surface area contributed by atoms with Gasteiger partial charge in [-0.1, -0.05) is 6.07 Å². The third-order valence-electron chi connectivity index (χ3n) is 2.84. The molecule has 0 saturated heterocycles. The lowest BCUT2D eigenvalue weighted by molar-refractivity contribution is -0.137. The molecule has 0 amide bonds. The lowest BCUT2D eigenvalue weighted by atomic mass is 10.2. The van der Waals surface area contributed by atoms with Crippen LogP contribution in [0.2, 0.25) is 0 Å². The second-order valence-electron chi connectivity index (χ2n) is 4.46. The number of phenols is 1. The van der Waals surface area contributed by atoms with Crippen LogP contribution in [0.4, 0.5) is 18.9 Å². The van der Waals surface area contributed by atoms with Crippen molar-refractivity contribution in [2.75, 3.05) is 6.61 Å². The largest absolute Gasteiger partial charge is 0.507 e. The quantitative estimate of drug-likeness (QED) is 0.841. The molecule has 0 atom stereocenters. The molecule has 0 saturated carbocycles. The van der Waals surface area contributed by atoms with Crippen molar-refractivity contribution in [3.05, 3.63) is 53.6 Å². The number of aromatic hydroxyl groups is 1. The lowest BCUT2D eigenvalue weighted by Gasteiger charge is -2.07. The zero-order valence-electron chi connectivity index (χ0n) is 11.8. The molecule has 0 unspecified atom stereocenters. The smallest absolute Gasteiger partial charge is 0.416 e. The highest BCUT2D eigenvalue weighted by molar-refractivity contribution is 5.85. The van der Waals surface area contributed by atoms with Crippen LogP contribution in [0.3, 0.4) is 0 Å². The van der Waals surface area contributed by atoms with Gasteiger partial charge in [-0.25, -0.2) is 0 Å². The van der Waals surface area contributed by atoms with E-state index in [0.29, 0.717) is 17.9 Å². The first-order valence-electron chi connectivity index (χ1n) is 6.57. The van der Waals surface area contributed by atoms with Gasteiger partial charge in [-0.2, -0.15) is 13.2 Å². The van der Waals surface area contributed by atoms with Crippen molar-refractivity contribution in [1.29, 1.82) is 0 Å². The van der Waals surface area contributed by atoms with Gasteiger partial charge in [0.05, 0.1) is 17.9 Å². The molecule has 0 spiro atoms. The van der Waals surface area contributed by atoms with E-state index < -0.39 is 11.7 Å². The predicted molar refractivity (Wildman–Crippen MR) is 78.0 cm³/mol. The van der Waals surface area contributed by atoms with Crippen LogP contribution in [0.1, 0.15) is 18.1 Å². The second-order valence-corrected chi connectivity index (χ2v) is 4.46. The number of benzene rings is 2. The van der Waals surface area contributed by atoms with Gasteiger partial charge in [0, 0.05) is 17.8 Å². The molecular weight excluding hydrogens is 295 g/mol. The fraction of sp³-hybridized carbons (Fsp3) is 0.188. The first-order valence-corrected chi connectivity index (χ1v) is 6.57. The maximum Gasteiger partial charge on any atom is 0.416 e. The Balaban J connectivity index is 2.22.